The highest BCUT2D eigenvalue weighted by atomic mass is 16.5. The molecule has 1 aromatic rings. The summed E-state index contributed by atoms with van der Waals surface area (Å²) in [4.78, 5) is 0. The van der Waals surface area contributed by atoms with E-state index in [1.54, 1.807) is 12.1 Å². The third-order valence-electron chi connectivity index (χ3n) is 2.83. The fourth-order valence-corrected chi connectivity index (χ4v) is 1.92. The van der Waals surface area contributed by atoms with Crippen molar-refractivity contribution in [3.8, 4) is 0 Å². The van der Waals surface area contributed by atoms with E-state index >= 15 is 0 Å². The van der Waals surface area contributed by atoms with Crippen LogP contribution >= 0.6 is 0 Å². The fourth-order valence-electron chi connectivity index (χ4n) is 1.92. The molecule has 1 saturated heterocycles. The number of rotatable bonds is 2. The maximum absolute atomic E-state index is 10.0. The molecule has 0 aliphatic carbocycles. The molecule has 1 aliphatic heterocycles. The van der Waals surface area contributed by atoms with Crippen LogP contribution in [-0.4, -0.2) is 23.3 Å². The molecule has 0 amide bonds. The second-order valence-electron chi connectivity index (χ2n) is 3.78. The highest BCUT2D eigenvalue weighted by Crippen LogP contribution is 2.30. The van der Waals surface area contributed by atoms with Gasteiger partial charge in [-0.1, -0.05) is 30.3 Å². The van der Waals surface area contributed by atoms with Gasteiger partial charge in [-0.3, -0.25) is 0 Å². The van der Waals surface area contributed by atoms with Crippen LogP contribution in [0.3, 0.4) is 0 Å². The average molecular weight is 193 g/mol. The van der Waals surface area contributed by atoms with Crippen molar-refractivity contribution >= 4 is 0 Å². The molecule has 1 aromatic carbocycles. The van der Waals surface area contributed by atoms with E-state index in [2.05, 4.69) is 5.32 Å². The summed E-state index contributed by atoms with van der Waals surface area (Å²) in [5.74, 6) is -1.80. The molecule has 1 heterocycles. The topological polar surface area (TPSA) is 52.5 Å². The lowest BCUT2D eigenvalue weighted by atomic mass is 9.91. The lowest BCUT2D eigenvalue weighted by Gasteiger charge is -2.28. The first-order chi connectivity index (χ1) is 6.71. The van der Waals surface area contributed by atoms with Gasteiger partial charge in [-0.25, -0.2) is 0 Å². The van der Waals surface area contributed by atoms with Gasteiger partial charge >= 0.3 is 0 Å². The summed E-state index contributed by atoms with van der Waals surface area (Å²) in [6.45, 7) is 1.53. The Bertz CT molecular complexity index is 291. The van der Waals surface area contributed by atoms with Gasteiger partial charge in [0.05, 0.1) is 0 Å². The first kappa shape index (κ1) is 9.65. The molecule has 1 atom stereocenters. The van der Waals surface area contributed by atoms with Crippen LogP contribution in [0.1, 0.15) is 12.0 Å². The molecule has 1 fully saturated rings. The Morgan fingerprint density at radius 1 is 1.21 bits per heavy atom. The maximum Gasteiger partial charge on any atom is 0.193 e. The number of nitrogens with one attached hydrogen (secondary N) is 1. The van der Waals surface area contributed by atoms with Gasteiger partial charge in [-0.2, -0.15) is 0 Å². The zero-order valence-corrected chi connectivity index (χ0v) is 7.98. The van der Waals surface area contributed by atoms with Gasteiger partial charge in [0.25, 0.3) is 0 Å². The molecule has 2 rings (SSSR count). The molecule has 0 radical (unpaired) electrons. The quantitative estimate of drug-likeness (QED) is 0.597. The summed E-state index contributed by atoms with van der Waals surface area (Å²) in [6.07, 6.45) is 0.807. The SMILES string of the molecule is OC(O)(c1ccccc1)C1CCNC1. The Labute approximate surface area is 83.4 Å². The van der Waals surface area contributed by atoms with Crippen molar-refractivity contribution in [2.24, 2.45) is 5.92 Å². The summed E-state index contributed by atoms with van der Waals surface area (Å²) in [5, 5.41) is 23.1. The Hall–Kier alpha value is -0.900. The van der Waals surface area contributed by atoms with E-state index in [1.165, 1.54) is 0 Å². The summed E-state index contributed by atoms with van der Waals surface area (Å²) in [5.41, 5.74) is 0.578. The molecule has 1 unspecified atom stereocenters. The van der Waals surface area contributed by atoms with E-state index < -0.39 is 5.79 Å². The van der Waals surface area contributed by atoms with Crippen LogP contribution in [0, 0.1) is 5.92 Å². The Balaban J connectivity index is 2.22. The zero-order chi connectivity index (χ0) is 10.0. The molecule has 0 bridgehead atoms. The van der Waals surface area contributed by atoms with Crippen LogP contribution < -0.4 is 5.32 Å². The highest BCUT2D eigenvalue weighted by molar-refractivity contribution is 5.20. The standard InChI is InChI=1S/C11H15NO2/c13-11(14,10-6-7-12-8-10)9-4-2-1-3-5-9/h1-5,10,12-14H,6-8H2. The van der Waals surface area contributed by atoms with E-state index in [1.807, 2.05) is 18.2 Å². The molecular formula is C11H15NO2. The number of benzene rings is 1. The predicted octanol–water partition coefficient (Wildman–Crippen LogP) is 0.433. The van der Waals surface area contributed by atoms with Gasteiger partial charge in [0.2, 0.25) is 0 Å². The van der Waals surface area contributed by atoms with Gasteiger partial charge in [-0.05, 0) is 13.0 Å². The summed E-state index contributed by atoms with van der Waals surface area (Å²) in [6, 6.07) is 9.00. The highest BCUT2D eigenvalue weighted by Gasteiger charge is 2.37. The third kappa shape index (κ3) is 1.66. The molecule has 0 saturated carbocycles. The number of hydrogen-bond donors (Lipinski definition) is 3. The largest absolute Gasteiger partial charge is 0.362 e. The monoisotopic (exact) mass is 193 g/mol. The third-order valence-corrected chi connectivity index (χ3v) is 2.83. The molecule has 3 heteroatoms. The average Bonchev–Trinajstić information content (AvgIpc) is 2.72. The Kier molecular flexibility index (Phi) is 2.54. The van der Waals surface area contributed by atoms with Gasteiger partial charge in [0.15, 0.2) is 5.79 Å². The van der Waals surface area contributed by atoms with E-state index in [0.29, 0.717) is 12.1 Å². The zero-order valence-electron chi connectivity index (χ0n) is 7.98. The van der Waals surface area contributed by atoms with Crippen molar-refractivity contribution in [3.05, 3.63) is 35.9 Å². The minimum absolute atomic E-state index is 0.107. The summed E-state index contributed by atoms with van der Waals surface area (Å²) < 4.78 is 0. The van der Waals surface area contributed by atoms with Crippen molar-refractivity contribution in [2.45, 2.75) is 12.2 Å². The molecule has 0 spiro atoms. The van der Waals surface area contributed by atoms with E-state index in [4.69, 9.17) is 0 Å². The Morgan fingerprint density at radius 3 is 2.50 bits per heavy atom. The molecule has 76 valence electrons. The number of hydrogen-bond acceptors (Lipinski definition) is 3. The fraction of sp³-hybridized carbons (Fsp3) is 0.455. The lowest BCUT2D eigenvalue weighted by molar-refractivity contribution is -0.205. The molecule has 14 heavy (non-hydrogen) atoms. The van der Waals surface area contributed by atoms with Crippen molar-refractivity contribution in [1.82, 2.24) is 5.32 Å². The Morgan fingerprint density at radius 2 is 1.93 bits per heavy atom. The van der Waals surface area contributed by atoms with Crippen LogP contribution in [-0.2, 0) is 5.79 Å². The van der Waals surface area contributed by atoms with Gasteiger partial charge in [-0.15, -0.1) is 0 Å². The van der Waals surface area contributed by atoms with Crippen molar-refractivity contribution in [2.75, 3.05) is 13.1 Å². The van der Waals surface area contributed by atoms with Crippen LogP contribution in [0.5, 0.6) is 0 Å². The molecule has 3 nitrogen and oxygen atoms in total. The molecule has 3 N–H and O–H groups in total. The van der Waals surface area contributed by atoms with Crippen molar-refractivity contribution in [3.63, 3.8) is 0 Å². The lowest BCUT2D eigenvalue weighted by Crippen LogP contribution is -2.36. The first-order valence-corrected chi connectivity index (χ1v) is 4.92. The van der Waals surface area contributed by atoms with E-state index in [9.17, 15) is 10.2 Å². The van der Waals surface area contributed by atoms with Crippen LogP contribution in [0.4, 0.5) is 0 Å². The summed E-state index contributed by atoms with van der Waals surface area (Å²) >= 11 is 0. The smallest absolute Gasteiger partial charge is 0.193 e. The molecular weight excluding hydrogens is 178 g/mol. The van der Waals surface area contributed by atoms with Crippen LogP contribution in [0.15, 0.2) is 30.3 Å². The first-order valence-electron chi connectivity index (χ1n) is 4.92. The van der Waals surface area contributed by atoms with E-state index in [0.717, 1.165) is 13.0 Å². The second-order valence-corrected chi connectivity index (χ2v) is 3.78. The second kappa shape index (κ2) is 3.69. The van der Waals surface area contributed by atoms with Crippen molar-refractivity contribution < 1.29 is 10.2 Å². The van der Waals surface area contributed by atoms with Gasteiger partial charge in [0.1, 0.15) is 0 Å². The van der Waals surface area contributed by atoms with Gasteiger partial charge in [0, 0.05) is 18.0 Å². The van der Waals surface area contributed by atoms with Crippen LogP contribution in [0.2, 0.25) is 0 Å². The minimum Gasteiger partial charge on any atom is -0.362 e. The predicted molar refractivity (Wildman–Crippen MR) is 53.5 cm³/mol. The molecule has 1 aliphatic rings. The minimum atomic E-state index is -1.69. The normalized spacial score (nSPS) is 22.6. The summed E-state index contributed by atoms with van der Waals surface area (Å²) in [7, 11) is 0. The van der Waals surface area contributed by atoms with Crippen LogP contribution in [0.25, 0.3) is 0 Å². The van der Waals surface area contributed by atoms with Gasteiger partial charge < -0.3 is 15.5 Å². The van der Waals surface area contributed by atoms with Crippen molar-refractivity contribution in [1.29, 1.82) is 0 Å². The maximum atomic E-state index is 10.0. The molecule has 0 aromatic heterocycles. The number of aliphatic hydroxyl groups is 2. The van der Waals surface area contributed by atoms with E-state index in [-0.39, 0.29) is 5.92 Å².